The minimum atomic E-state index is -3.65. The molecule has 2 rings (SSSR count). The van der Waals surface area contributed by atoms with Crippen LogP contribution in [0.4, 0.5) is 0 Å². The van der Waals surface area contributed by atoms with Gasteiger partial charge in [-0.05, 0) is 36.0 Å². The number of hydrogen-bond donors (Lipinski definition) is 2. The Labute approximate surface area is 155 Å². The van der Waals surface area contributed by atoms with Gasteiger partial charge in [0.15, 0.2) is 6.29 Å². The van der Waals surface area contributed by atoms with Crippen molar-refractivity contribution >= 4 is 15.9 Å². The second-order valence-corrected chi connectivity index (χ2v) is 9.13. The fraction of sp³-hybridized carbons (Fsp3) is 0.611. The number of ether oxygens (including phenoxy) is 1. The molecule has 1 amide bonds. The van der Waals surface area contributed by atoms with Crippen molar-refractivity contribution in [1.29, 1.82) is 0 Å². The number of hydrogen-bond acceptors (Lipinski definition) is 5. The number of carbonyl (C=O) groups excluding carboxylic acids is 1. The number of nitrogens with one attached hydrogen (secondary N) is 2. The molecule has 1 unspecified atom stereocenters. The van der Waals surface area contributed by atoms with Gasteiger partial charge in [0.25, 0.3) is 0 Å². The van der Waals surface area contributed by atoms with Gasteiger partial charge in [-0.1, -0.05) is 32.9 Å². The summed E-state index contributed by atoms with van der Waals surface area (Å²) in [6.07, 6.45) is 2.27. The lowest BCUT2D eigenvalue weighted by atomic mass is 9.87. The summed E-state index contributed by atoms with van der Waals surface area (Å²) in [4.78, 5) is 17.1. The molecular formula is C18H28N2O5S. The summed E-state index contributed by atoms with van der Waals surface area (Å²) >= 11 is 0. The molecule has 1 aromatic rings. The van der Waals surface area contributed by atoms with Crippen LogP contribution in [0, 0.1) is 0 Å². The lowest BCUT2D eigenvalue weighted by Gasteiger charge is -2.22. The van der Waals surface area contributed by atoms with Crippen LogP contribution in [0.25, 0.3) is 0 Å². The lowest BCUT2D eigenvalue weighted by Crippen LogP contribution is -2.35. The highest BCUT2D eigenvalue weighted by Gasteiger charge is 2.18. The predicted molar refractivity (Wildman–Crippen MR) is 97.8 cm³/mol. The Morgan fingerprint density at radius 1 is 1.23 bits per heavy atom. The first kappa shape index (κ1) is 20.8. The molecule has 1 heterocycles. The van der Waals surface area contributed by atoms with Gasteiger partial charge in [-0.25, -0.2) is 23.5 Å². The topological polar surface area (TPSA) is 93.7 Å². The summed E-state index contributed by atoms with van der Waals surface area (Å²) in [5.41, 5.74) is 3.31. The first-order chi connectivity index (χ1) is 12.2. The van der Waals surface area contributed by atoms with Gasteiger partial charge >= 0.3 is 0 Å². The van der Waals surface area contributed by atoms with Crippen molar-refractivity contribution in [3.05, 3.63) is 29.8 Å². The van der Waals surface area contributed by atoms with Crippen molar-refractivity contribution in [1.82, 2.24) is 10.2 Å². The summed E-state index contributed by atoms with van der Waals surface area (Å²) in [7, 11) is -3.65. The van der Waals surface area contributed by atoms with E-state index in [4.69, 9.17) is 9.57 Å². The maximum absolute atomic E-state index is 12.3. The molecule has 0 radical (unpaired) electrons. The number of sulfonamides is 1. The van der Waals surface area contributed by atoms with Crippen LogP contribution in [0.15, 0.2) is 29.2 Å². The van der Waals surface area contributed by atoms with Crippen molar-refractivity contribution in [2.75, 3.05) is 13.2 Å². The van der Waals surface area contributed by atoms with E-state index in [-0.39, 0.29) is 23.3 Å². The highest BCUT2D eigenvalue weighted by atomic mass is 32.2. The molecule has 7 nitrogen and oxygen atoms in total. The van der Waals surface area contributed by atoms with Crippen LogP contribution in [-0.4, -0.2) is 33.8 Å². The van der Waals surface area contributed by atoms with Gasteiger partial charge in [0.05, 0.1) is 4.90 Å². The van der Waals surface area contributed by atoms with E-state index >= 15 is 0 Å². The maximum atomic E-state index is 12.3. The Bertz CT molecular complexity index is 689. The van der Waals surface area contributed by atoms with Crippen molar-refractivity contribution in [2.24, 2.45) is 0 Å². The molecule has 0 aromatic heterocycles. The fourth-order valence-corrected chi connectivity index (χ4v) is 3.53. The van der Waals surface area contributed by atoms with Gasteiger partial charge in [0.1, 0.15) is 0 Å². The second-order valence-electron chi connectivity index (χ2n) is 7.36. The molecule has 146 valence electrons. The number of amides is 1. The zero-order valence-corrected chi connectivity index (χ0v) is 16.4. The first-order valence-corrected chi connectivity index (χ1v) is 10.3. The number of hydroxylamine groups is 1. The lowest BCUT2D eigenvalue weighted by molar-refractivity contribution is -0.200. The summed E-state index contributed by atoms with van der Waals surface area (Å²) in [5.74, 6) is -0.398. The average molecular weight is 384 g/mol. The second kappa shape index (κ2) is 8.94. The van der Waals surface area contributed by atoms with Crippen LogP contribution >= 0.6 is 0 Å². The zero-order chi connectivity index (χ0) is 19.2. The van der Waals surface area contributed by atoms with E-state index in [0.29, 0.717) is 6.61 Å². The van der Waals surface area contributed by atoms with Gasteiger partial charge in [0, 0.05) is 26.0 Å². The molecular weight excluding hydrogens is 356 g/mol. The van der Waals surface area contributed by atoms with Crippen LogP contribution in [0.5, 0.6) is 0 Å². The summed E-state index contributed by atoms with van der Waals surface area (Å²) < 4.78 is 32.3. The molecule has 1 atom stereocenters. The highest BCUT2D eigenvalue weighted by Crippen LogP contribution is 2.23. The van der Waals surface area contributed by atoms with E-state index in [0.717, 1.165) is 24.8 Å². The Morgan fingerprint density at radius 2 is 1.92 bits per heavy atom. The van der Waals surface area contributed by atoms with Crippen LogP contribution in [0.2, 0.25) is 0 Å². The molecule has 0 aliphatic carbocycles. The highest BCUT2D eigenvalue weighted by molar-refractivity contribution is 7.89. The van der Waals surface area contributed by atoms with Gasteiger partial charge in [-0.3, -0.25) is 4.79 Å². The standard InChI is InChI=1S/C18H28N2O5S/c1-18(2,3)14-7-9-15(10-8-14)26(22,23)19-12-11-16(21)20-25-17-6-4-5-13-24-17/h7-10,17,19H,4-6,11-13H2,1-3H3,(H,20,21). The molecule has 1 aliphatic heterocycles. The average Bonchev–Trinajstić information content (AvgIpc) is 2.60. The molecule has 0 spiro atoms. The van der Waals surface area contributed by atoms with Gasteiger partial charge in [-0.2, -0.15) is 0 Å². The molecule has 1 fully saturated rings. The third-order valence-corrected chi connectivity index (χ3v) is 5.59. The molecule has 26 heavy (non-hydrogen) atoms. The SMILES string of the molecule is CC(C)(C)c1ccc(S(=O)(=O)NCCC(=O)NOC2CCCCO2)cc1. The number of carbonyl (C=O) groups is 1. The van der Waals surface area contributed by atoms with Gasteiger partial charge in [-0.15, -0.1) is 0 Å². The van der Waals surface area contributed by atoms with E-state index < -0.39 is 22.2 Å². The monoisotopic (exact) mass is 384 g/mol. The van der Waals surface area contributed by atoms with E-state index in [1.807, 2.05) is 0 Å². The van der Waals surface area contributed by atoms with Crippen LogP contribution in [-0.2, 0) is 29.8 Å². The zero-order valence-electron chi connectivity index (χ0n) is 15.6. The Kier molecular flexibility index (Phi) is 7.16. The molecule has 8 heteroatoms. The Morgan fingerprint density at radius 3 is 2.50 bits per heavy atom. The molecule has 0 saturated carbocycles. The first-order valence-electron chi connectivity index (χ1n) is 8.85. The smallest absolute Gasteiger partial charge is 0.244 e. The quantitative estimate of drug-likeness (QED) is 0.703. The normalized spacial score (nSPS) is 18.5. The number of benzene rings is 1. The number of rotatable bonds is 7. The van der Waals surface area contributed by atoms with Crippen molar-refractivity contribution < 1.29 is 22.8 Å². The molecule has 1 aromatic carbocycles. The minimum Gasteiger partial charge on any atom is -0.350 e. The fourth-order valence-electron chi connectivity index (χ4n) is 2.50. The van der Waals surface area contributed by atoms with E-state index in [1.165, 1.54) is 0 Å². The maximum Gasteiger partial charge on any atom is 0.244 e. The van der Waals surface area contributed by atoms with Crippen molar-refractivity contribution in [2.45, 2.75) is 63.1 Å². The molecule has 1 saturated heterocycles. The molecule has 2 N–H and O–H groups in total. The summed E-state index contributed by atoms with van der Waals surface area (Å²) in [6.45, 7) is 6.80. The minimum absolute atomic E-state index is 0.00985. The van der Waals surface area contributed by atoms with E-state index in [2.05, 4.69) is 31.0 Å². The predicted octanol–water partition coefficient (Wildman–Crippen LogP) is 2.23. The largest absolute Gasteiger partial charge is 0.350 e. The third-order valence-electron chi connectivity index (χ3n) is 4.12. The summed E-state index contributed by atoms with van der Waals surface area (Å²) in [5, 5.41) is 0. The third kappa shape index (κ3) is 6.35. The van der Waals surface area contributed by atoms with E-state index in [1.54, 1.807) is 24.3 Å². The van der Waals surface area contributed by atoms with Crippen molar-refractivity contribution in [3.63, 3.8) is 0 Å². The summed E-state index contributed by atoms with van der Waals surface area (Å²) in [6, 6.07) is 6.76. The van der Waals surface area contributed by atoms with Crippen LogP contribution in [0.1, 0.15) is 52.0 Å². The van der Waals surface area contributed by atoms with Gasteiger partial charge < -0.3 is 4.74 Å². The molecule has 0 bridgehead atoms. The Balaban J connectivity index is 1.77. The van der Waals surface area contributed by atoms with Crippen LogP contribution < -0.4 is 10.2 Å². The van der Waals surface area contributed by atoms with E-state index in [9.17, 15) is 13.2 Å². The molecule has 1 aliphatic rings. The van der Waals surface area contributed by atoms with Crippen LogP contribution in [0.3, 0.4) is 0 Å². The van der Waals surface area contributed by atoms with Crippen molar-refractivity contribution in [3.8, 4) is 0 Å². The Hall–Kier alpha value is -1.48. The van der Waals surface area contributed by atoms with Gasteiger partial charge in [0.2, 0.25) is 15.9 Å².